The molecule has 10 nitrogen and oxygen atoms in total. The van der Waals surface area contributed by atoms with Crippen molar-refractivity contribution in [1.82, 2.24) is 16.0 Å². The Bertz CT molecular complexity index is 1120. The van der Waals surface area contributed by atoms with Crippen molar-refractivity contribution in [1.29, 1.82) is 0 Å². The van der Waals surface area contributed by atoms with Gasteiger partial charge in [0.25, 0.3) is 0 Å². The molecular formula is C30H43N5O5. The van der Waals surface area contributed by atoms with E-state index in [1.807, 2.05) is 58.0 Å². The predicted molar refractivity (Wildman–Crippen MR) is 154 cm³/mol. The highest BCUT2D eigenvalue weighted by Gasteiger charge is 2.31. The highest BCUT2D eigenvalue weighted by atomic mass is 16.3. The van der Waals surface area contributed by atoms with Crippen LogP contribution in [0.2, 0.25) is 0 Å². The van der Waals surface area contributed by atoms with Gasteiger partial charge in [0.1, 0.15) is 23.9 Å². The summed E-state index contributed by atoms with van der Waals surface area (Å²) in [6.45, 7) is 7.67. The second-order valence-corrected chi connectivity index (χ2v) is 11.0. The van der Waals surface area contributed by atoms with Crippen LogP contribution in [0.15, 0.2) is 54.6 Å². The smallest absolute Gasteiger partial charge is 0.243 e. The Morgan fingerprint density at radius 3 is 1.60 bits per heavy atom. The molecular weight excluding hydrogens is 510 g/mol. The fraction of sp³-hybridized carbons (Fsp3) is 0.467. The molecule has 4 atom stereocenters. The number of primary amides is 1. The molecule has 2 aromatic carbocycles. The Morgan fingerprint density at radius 2 is 1.12 bits per heavy atom. The maximum absolute atomic E-state index is 13.4. The molecule has 2 aromatic rings. The van der Waals surface area contributed by atoms with Gasteiger partial charge < -0.3 is 32.5 Å². The molecule has 218 valence electrons. The van der Waals surface area contributed by atoms with Crippen LogP contribution in [0.25, 0.3) is 0 Å². The third kappa shape index (κ3) is 11.1. The molecule has 10 heteroatoms. The highest BCUT2D eigenvalue weighted by molar-refractivity contribution is 5.94. The van der Waals surface area contributed by atoms with Gasteiger partial charge in [0.15, 0.2) is 0 Å². The summed E-state index contributed by atoms with van der Waals surface area (Å²) in [5.74, 6) is -2.01. The zero-order valence-electron chi connectivity index (χ0n) is 23.7. The van der Waals surface area contributed by atoms with Gasteiger partial charge >= 0.3 is 0 Å². The van der Waals surface area contributed by atoms with Crippen molar-refractivity contribution in [2.75, 3.05) is 0 Å². The van der Waals surface area contributed by atoms with E-state index in [4.69, 9.17) is 11.5 Å². The summed E-state index contributed by atoms with van der Waals surface area (Å²) in [6, 6.07) is 11.8. The number of benzene rings is 2. The average molecular weight is 554 g/mol. The molecule has 2 rings (SSSR count). The molecule has 0 aliphatic heterocycles. The van der Waals surface area contributed by atoms with Crippen LogP contribution < -0.4 is 27.4 Å². The van der Waals surface area contributed by atoms with Crippen molar-refractivity contribution in [2.45, 2.75) is 77.5 Å². The number of carbonyl (C=O) groups excluding carboxylic acids is 4. The SMILES string of the molecule is CC(C)C[C@H](NC(=O)[C@H](CC(C)C)NC(=O)[C@@H](N)Cc1ccc(O)cc1)C(=O)N[C@@H](Cc1ccccc1)C(N)=O. The molecule has 40 heavy (non-hydrogen) atoms. The lowest BCUT2D eigenvalue weighted by atomic mass is 9.98. The van der Waals surface area contributed by atoms with Gasteiger partial charge in [-0.2, -0.15) is 0 Å². The van der Waals surface area contributed by atoms with Crippen LogP contribution in [0.3, 0.4) is 0 Å². The number of phenolic OH excluding ortho intramolecular Hbond substituents is 1. The second kappa shape index (κ2) is 15.6. The summed E-state index contributed by atoms with van der Waals surface area (Å²) in [7, 11) is 0. The lowest BCUT2D eigenvalue weighted by Crippen LogP contribution is -2.58. The quantitative estimate of drug-likeness (QED) is 0.195. The maximum atomic E-state index is 13.4. The molecule has 0 saturated heterocycles. The fourth-order valence-electron chi connectivity index (χ4n) is 4.28. The third-order valence-electron chi connectivity index (χ3n) is 6.35. The van der Waals surface area contributed by atoms with E-state index in [9.17, 15) is 24.3 Å². The number of nitrogens with one attached hydrogen (secondary N) is 3. The predicted octanol–water partition coefficient (Wildman–Crippen LogP) is 1.54. The van der Waals surface area contributed by atoms with Crippen LogP contribution >= 0.6 is 0 Å². The first-order valence-electron chi connectivity index (χ1n) is 13.6. The first kappa shape index (κ1) is 32.3. The van der Waals surface area contributed by atoms with Gasteiger partial charge in [0.05, 0.1) is 6.04 Å². The summed E-state index contributed by atoms with van der Waals surface area (Å²) in [5, 5.41) is 17.7. The van der Waals surface area contributed by atoms with Crippen LogP contribution in [-0.4, -0.2) is 52.9 Å². The van der Waals surface area contributed by atoms with Gasteiger partial charge in [-0.1, -0.05) is 70.2 Å². The minimum atomic E-state index is -0.953. The number of hydrogen-bond acceptors (Lipinski definition) is 6. The minimum Gasteiger partial charge on any atom is -0.508 e. The van der Waals surface area contributed by atoms with Crippen LogP contribution in [-0.2, 0) is 32.0 Å². The van der Waals surface area contributed by atoms with E-state index in [2.05, 4.69) is 16.0 Å². The molecule has 4 amide bonds. The van der Waals surface area contributed by atoms with Gasteiger partial charge in [0, 0.05) is 6.42 Å². The van der Waals surface area contributed by atoms with Crippen LogP contribution in [0.1, 0.15) is 51.7 Å². The Balaban J connectivity index is 2.12. The van der Waals surface area contributed by atoms with Crippen molar-refractivity contribution < 1.29 is 24.3 Å². The second-order valence-electron chi connectivity index (χ2n) is 11.0. The van der Waals surface area contributed by atoms with Gasteiger partial charge in [-0.15, -0.1) is 0 Å². The Hall–Kier alpha value is -3.92. The van der Waals surface area contributed by atoms with Crippen molar-refractivity contribution in [2.24, 2.45) is 23.3 Å². The van der Waals surface area contributed by atoms with Crippen LogP contribution in [0.5, 0.6) is 5.75 Å². The van der Waals surface area contributed by atoms with Gasteiger partial charge in [-0.05, 0) is 54.4 Å². The van der Waals surface area contributed by atoms with Gasteiger partial charge in [-0.25, -0.2) is 0 Å². The maximum Gasteiger partial charge on any atom is 0.243 e. The number of rotatable bonds is 15. The average Bonchev–Trinajstić information content (AvgIpc) is 2.88. The zero-order chi connectivity index (χ0) is 29.8. The molecule has 0 spiro atoms. The molecule has 0 aliphatic rings. The van der Waals surface area contributed by atoms with E-state index in [0.29, 0.717) is 12.8 Å². The molecule has 0 fully saturated rings. The van der Waals surface area contributed by atoms with Crippen molar-refractivity contribution in [3.8, 4) is 5.75 Å². The molecule has 8 N–H and O–H groups in total. The Labute approximate surface area is 236 Å². The first-order valence-corrected chi connectivity index (χ1v) is 13.6. The molecule has 0 unspecified atom stereocenters. The largest absolute Gasteiger partial charge is 0.508 e. The molecule has 0 heterocycles. The molecule has 0 radical (unpaired) electrons. The number of nitrogens with two attached hydrogens (primary N) is 2. The summed E-state index contributed by atoms with van der Waals surface area (Å²) in [5.41, 5.74) is 13.3. The Morgan fingerprint density at radius 1 is 0.675 bits per heavy atom. The lowest BCUT2D eigenvalue weighted by molar-refractivity contribution is -0.134. The molecule has 0 bridgehead atoms. The van der Waals surface area contributed by atoms with Gasteiger partial charge in [0.2, 0.25) is 23.6 Å². The monoisotopic (exact) mass is 553 g/mol. The number of amides is 4. The standard InChI is InChI=1S/C30H43N5O5/c1-18(2)14-25(34-28(38)23(31)16-21-10-12-22(36)13-11-21)30(40)35-26(15-19(3)4)29(39)33-24(27(32)37)17-20-8-6-5-7-9-20/h5-13,18-19,23-26,36H,14-17,31H2,1-4H3,(H2,32,37)(H,33,39)(H,34,38)(H,35,40)/t23-,24-,25-,26-/m0/s1. The topological polar surface area (TPSA) is 177 Å². The van der Waals surface area contributed by atoms with E-state index in [-0.39, 0.29) is 30.4 Å². The van der Waals surface area contributed by atoms with Crippen molar-refractivity contribution in [3.63, 3.8) is 0 Å². The normalized spacial score (nSPS) is 14.2. The fourth-order valence-corrected chi connectivity index (χ4v) is 4.28. The van der Waals surface area contributed by atoms with E-state index in [1.54, 1.807) is 12.1 Å². The van der Waals surface area contributed by atoms with Crippen LogP contribution in [0.4, 0.5) is 0 Å². The third-order valence-corrected chi connectivity index (χ3v) is 6.35. The van der Waals surface area contributed by atoms with Crippen molar-refractivity contribution >= 4 is 23.6 Å². The lowest BCUT2D eigenvalue weighted by Gasteiger charge is -2.27. The summed E-state index contributed by atoms with van der Waals surface area (Å²) < 4.78 is 0. The summed E-state index contributed by atoms with van der Waals surface area (Å²) >= 11 is 0. The summed E-state index contributed by atoms with van der Waals surface area (Å²) in [4.78, 5) is 51.7. The number of carbonyl (C=O) groups is 4. The first-order chi connectivity index (χ1) is 18.8. The molecule has 0 aliphatic carbocycles. The van der Waals surface area contributed by atoms with Crippen LogP contribution in [0, 0.1) is 11.8 Å². The zero-order valence-corrected chi connectivity index (χ0v) is 23.7. The molecule has 0 saturated carbocycles. The highest BCUT2D eigenvalue weighted by Crippen LogP contribution is 2.13. The Kier molecular flexibility index (Phi) is 12.6. The molecule has 0 aromatic heterocycles. The number of aromatic hydroxyl groups is 1. The van der Waals surface area contributed by atoms with E-state index in [0.717, 1.165) is 11.1 Å². The van der Waals surface area contributed by atoms with E-state index in [1.165, 1.54) is 12.1 Å². The van der Waals surface area contributed by atoms with E-state index >= 15 is 0 Å². The number of phenols is 1. The van der Waals surface area contributed by atoms with Gasteiger partial charge in [-0.3, -0.25) is 19.2 Å². The number of hydrogen-bond donors (Lipinski definition) is 6. The van der Waals surface area contributed by atoms with Crippen molar-refractivity contribution in [3.05, 3.63) is 65.7 Å². The summed E-state index contributed by atoms with van der Waals surface area (Å²) in [6.07, 6.45) is 1.08. The minimum absolute atomic E-state index is 0.0501. The van der Waals surface area contributed by atoms with E-state index < -0.39 is 47.8 Å².